The summed E-state index contributed by atoms with van der Waals surface area (Å²) in [5, 5.41) is 21.7. The Morgan fingerprint density at radius 1 is 0.967 bits per heavy atom. The summed E-state index contributed by atoms with van der Waals surface area (Å²) in [5.74, 6) is 2.18. The average Bonchev–Trinajstić information content (AvgIpc) is 2.97. The smallest absolute Gasteiger partial charge is 0.115 e. The van der Waals surface area contributed by atoms with Gasteiger partial charge < -0.3 is 10.2 Å². The van der Waals surface area contributed by atoms with Gasteiger partial charge in [0.1, 0.15) is 5.75 Å². The second-order valence-electron chi connectivity index (χ2n) is 10.5. The minimum Gasteiger partial charge on any atom is -0.508 e. The lowest BCUT2D eigenvalue weighted by atomic mass is 9.53. The van der Waals surface area contributed by atoms with Crippen LogP contribution in [0.25, 0.3) is 6.08 Å². The summed E-state index contributed by atoms with van der Waals surface area (Å²) in [5.41, 5.74) is 5.73. The average molecular weight is 403 g/mol. The third kappa shape index (κ3) is 3.03. The van der Waals surface area contributed by atoms with Crippen molar-refractivity contribution in [2.75, 3.05) is 0 Å². The van der Waals surface area contributed by atoms with E-state index >= 15 is 0 Å². The number of hydrogen-bond donors (Lipinski definition) is 2. The fourth-order valence-corrected chi connectivity index (χ4v) is 7.23. The van der Waals surface area contributed by atoms with E-state index in [1.807, 2.05) is 12.1 Å². The number of aliphatic hydroxyl groups is 1. The Morgan fingerprint density at radius 2 is 1.73 bits per heavy atom. The Balaban J connectivity index is 1.43. The Kier molecular flexibility index (Phi) is 4.63. The van der Waals surface area contributed by atoms with Crippen LogP contribution >= 0.6 is 0 Å². The molecule has 2 aromatic rings. The normalized spacial score (nSPS) is 35.1. The quantitative estimate of drug-likeness (QED) is 0.618. The van der Waals surface area contributed by atoms with Crippen LogP contribution in [-0.2, 0) is 6.42 Å². The molecule has 0 bridgehead atoms. The Bertz CT molecular complexity index is 985. The van der Waals surface area contributed by atoms with Crippen molar-refractivity contribution in [3.05, 3.63) is 70.3 Å². The molecule has 0 heterocycles. The molecule has 2 fully saturated rings. The van der Waals surface area contributed by atoms with Crippen LogP contribution in [0.5, 0.6) is 5.75 Å². The minimum atomic E-state index is -0.727. The molecule has 2 aromatic carbocycles. The zero-order valence-electron chi connectivity index (χ0n) is 18.5. The monoisotopic (exact) mass is 402 g/mol. The van der Waals surface area contributed by atoms with E-state index in [1.54, 1.807) is 0 Å². The minimum absolute atomic E-state index is 0.0576. The molecular formula is C28H34O2. The molecule has 0 spiro atoms. The molecule has 0 aromatic heterocycles. The van der Waals surface area contributed by atoms with Crippen molar-refractivity contribution in [2.24, 2.45) is 17.3 Å². The molecule has 2 saturated carbocycles. The SMILES string of the molecule is Cc1cc(C)cc(/C=C/[C@]2(O)CC[C@H]3[C@@H]4CCc5cc(O)ccc5[C@H]4CC[C@@]32C)c1. The molecule has 5 rings (SSSR count). The number of aromatic hydroxyl groups is 1. The number of fused-ring (bicyclic) bond motifs is 5. The fraction of sp³-hybridized carbons (Fsp3) is 0.500. The molecule has 0 saturated heterocycles. The summed E-state index contributed by atoms with van der Waals surface area (Å²) >= 11 is 0. The molecule has 158 valence electrons. The van der Waals surface area contributed by atoms with Gasteiger partial charge in [-0.25, -0.2) is 0 Å². The van der Waals surface area contributed by atoms with Crippen molar-refractivity contribution in [2.45, 2.75) is 70.8 Å². The van der Waals surface area contributed by atoms with Gasteiger partial charge in [-0.05, 0) is 98.9 Å². The maximum atomic E-state index is 11.8. The van der Waals surface area contributed by atoms with Gasteiger partial charge >= 0.3 is 0 Å². The van der Waals surface area contributed by atoms with Crippen molar-refractivity contribution in [1.82, 2.24) is 0 Å². The summed E-state index contributed by atoms with van der Waals surface area (Å²) in [6, 6.07) is 12.6. The molecule has 3 aliphatic carbocycles. The first-order valence-electron chi connectivity index (χ1n) is 11.6. The van der Waals surface area contributed by atoms with E-state index in [1.165, 1.54) is 34.2 Å². The van der Waals surface area contributed by atoms with Crippen molar-refractivity contribution < 1.29 is 10.2 Å². The largest absolute Gasteiger partial charge is 0.508 e. The highest BCUT2D eigenvalue weighted by Gasteiger charge is 2.60. The van der Waals surface area contributed by atoms with E-state index in [9.17, 15) is 10.2 Å². The highest BCUT2D eigenvalue weighted by atomic mass is 16.3. The number of phenolic OH excluding ortho intramolecular Hbond substituents is 1. The highest BCUT2D eigenvalue weighted by molar-refractivity contribution is 5.54. The highest BCUT2D eigenvalue weighted by Crippen LogP contribution is 2.64. The van der Waals surface area contributed by atoms with Crippen molar-refractivity contribution in [3.63, 3.8) is 0 Å². The Hall–Kier alpha value is -2.06. The van der Waals surface area contributed by atoms with Crippen LogP contribution in [0.4, 0.5) is 0 Å². The summed E-state index contributed by atoms with van der Waals surface area (Å²) in [6.45, 7) is 6.61. The predicted molar refractivity (Wildman–Crippen MR) is 123 cm³/mol. The van der Waals surface area contributed by atoms with E-state index in [0.29, 0.717) is 23.5 Å². The molecule has 5 atom stereocenters. The van der Waals surface area contributed by atoms with Crippen LogP contribution in [0, 0.1) is 31.1 Å². The third-order valence-corrected chi connectivity index (χ3v) is 8.72. The maximum absolute atomic E-state index is 11.8. The molecule has 3 aliphatic rings. The van der Waals surface area contributed by atoms with Crippen LogP contribution in [0.2, 0.25) is 0 Å². The Labute approximate surface area is 180 Å². The topological polar surface area (TPSA) is 40.5 Å². The summed E-state index contributed by atoms with van der Waals surface area (Å²) in [7, 11) is 0. The van der Waals surface area contributed by atoms with Crippen LogP contribution < -0.4 is 0 Å². The zero-order valence-corrected chi connectivity index (χ0v) is 18.5. The number of benzene rings is 2. The molecule has 2 nitrogen and oxygen atoms in total. The van der Waals surface area contributed by atoms with Crippen molar-refractivity contribution in [3.8, 4) is 5.75 Å². The molecular weight excluding hydrogens is 368 g/mol. The number of rotatable bonds is 2. The van der Waals surface area contributed by atoms with Crippen molar-refractivity contribution >= 4 is 6.08 Å². The number of hydrogen-bond acceptors (Lipinski definition) is 2. The van der Waals surface area contributed by atoms with Gasteiger partial charge in [-0.3, -0.25) is 0 Å². The summed E-state index contributed by atoms with van der Waals surface area (Å²) < 4.78 is 0. The third-order valence-electron chi connectivity index (χ3n) is 8.72. The first-order chi connectivity index (χ1) is 14.3. The van der Waals surface area contributed by atoms with E-state index in [2.05, 4.69) is 57.2 Å². The lowest BCUT2D eigenvalue weighted by Gasteiger charge is -2.52. The number of phenols is 1. The summed E-state index contributed by atoms with van der Waals surface area (Å²) in [6.07, 6.45) is 10.7. The van der Waals surface area contributed by atoms with Gasteiger partial charge in [0.05, 0.1) is 5.60 Å². The van der Waals surface area contributed by atoms with E-state index in [0.717, 1.165) is 32.1 Å². The van der Waals surface area contributed by atoms with Gasteiger partial charge in [0.2, 0.25) is 0 Å². The molecule has 0 unspecified atom stereocenters. The predicted octanol–water partition coefficient (Wildman–Crippen LogP) is 6.31. The molecule has 30 heavy (non-hydrogen) atoms. The molecule has 2 heteroatoms. The maximum Gasteiger partial charge on any atom is 0.115 e. The fourth-order valence-electron chi connectivity index (χ4n) is 7.23. The van der Waals surface area contributed by atoms with E-state index in [4.69, 9.17) is 0 Å². The van der Waals surface area contributed by atoms with Gasteiger partial charge in [0.15, 0.2) is 0 Å². The van der Waals surface area contributed by atoms with Crippen LogP contribution in [0.15, 0.2) is 42.5 Å². The van der Waals surface area contributed by atoms with Gasteiger partial charge in [-0.1, -0.05) is 54.5 Å². The molecule has 0 amide bonds. The van der Waals surface area contributed by atoms with Gasteiger partial charge in [0.25, 0.3) is 0 Å². The van der Waals surface area contributed by atoms with Gasteiger partial charge in [-0.15, -0.1) is 0 Å². The zero-order chi connectivity index (χ0) is 21.1. The van der Waals surface area contributed by atoms with Crippen LogP contribution in [0.1, 0.15) is 72.8 Å². The molecule has 0 aliphatic heterocycles. The summed E-state index contributed by atoms with van der Waals surface area (Å²) in [4.78, 5) is 0. The van der Waals surface area contributed by atoms with Crippen LogP contribution in [0.3, 0.4) is 0 Å². The molecule has 0 radical (unpaired) electrons. The van der Waals surface area contributed by atoms with Gasteiger partial charge in [0, 0.05) is 5.41 Å². The lowest BCUT2D eigenvalue weighted by Crippen LogP contribution is -2.49. The first-order valence-corrected chi connectivity index (χ1v) is 11.6. The standard InChI is InChI=1S/C28H34O2/c1-18-14-19(2)16-20(15-18)8-12-28(30)13-10-26-25-6-4-21-17-22(29)5-7-23(21)24(25)9-11-27(26,28)3/h5,7-8,12,14-17,24-26,29-30H,4,6,9-11,13H2,1-3H3/b12-8+/t24-,25-,26+,27+,28+/m1/s1. The molecule has 2 N–H and O–H groups in total. The first kappa shape index (κ1) is 19.9. The second kappa shape index (κ2) is 6.99. The van der Waals surface area contributed by atoms with Crippen LogP contribution in [-0.4, -0.2) is 15.8 Å². The Morgan fingerprint density at radius 3 is 2.50 bits per heavy atom. The van der Waals surface area contributed by atoms with Crippen molar-refractivity contribution in [1.29, 1.82) is 0 Å². The van der Waals surface area contributed by atoms with E-state index in [-0.39, 0.29) is 5.41 Å². The number of aryl methyl sites for hydroxylation is 3. The lowest BCUT2D eigenvalue weighted by molar-refractivity contribution is -0.0705. The van der Waals surface area contributed by atoms with E-state index < -0.39 is 5.60 Å². The van der Waals surface area contributed by atoms with Gasteiger partial charge in [-0.2, -0.15) is 0 Å². The second-order valence-corrected chi connectivity index (χ2v) is 10.5.